The van der Waals surface area contributed by atoms with Crippen molar-refractivity contribution >= 4 is 5.78 Å². The summed E-state index contributed by atoms with van der Waals surface area (Å²) in [5.41, 5.74) is -0.0896. The van der Waals surface area contributed by atoms with Crippen molar-refractivity contribution in [2.45, 2.75) is 46.0 Å². The summed E-state index contributed by atoms with van der Waals surface area (Å²) in [6.45, 7) is 5.87. The minimum absolute atomic E-state index is 0.0896. The van der Waals surface area contributed by atoms with E-state index >= 15 is 0 Å². The first-order valence-electron chi connectivity index (χ1n) is 5.89. The summed E-state index contributed by atoms with van der Waals surface area (Å²) in [5, 5.41) is 3.34. The van der Waals surface area contributed by atoms with Gasteiger partial charge in [0.1, 0.15) is 5.78 Å². The zero-order chi connectivity index (χ0) is 11.1. The third-order valence-electron chi connectivity index (χ3n) is 3.39. The van der Waals surface area contributed by atoms with Gasteiger partial charge in [-0.3, -0.25) is 4.79 Å². The third kappa shape index (κ3) is 3.07. The van der Waals surface area contributed by atoms with Gasteiger partial charge in [0.15, 0.2) is 0 Å². The SMILES string of the molecule is CC#CCCC(=O)C1(CC)CCCNC1. The molecular weight excluding hydrogens is 186 g/mol. The fourth-order valence-electron chi connectivity index (χ4n) is 2.27. The van der Waals surface area contributed by atoms with Crippen LogP contribution in [-0.4, -0.2) is 18.9 Å². The van der Waals surface area contributed by atoms with E-state index in [0.717, 1.165) is 38.8 Å². The molecule has 1 rings (SSSR count). The van der Waals surface area contributed by atoms with Crippen molar-refractivity contribution in [3.8, 4) is 11.8 Å². The van der Waals surface area contributed by atoms with Crippen molar-refractivity contribution < 1.29 is 4.79 Å². The van der Waals surface area contributed by atoms with E-state index in [4.69, 9.17) is 0 Å². The maximum absolute atomic E-state index is 12.1. The maximum Gasteiger partial charge on any atom is 0.141 e. The predicted octanol–water partition coefficient (Wildman–Crippen LogP) is 2.14. The van der Waals surface area contributed by atoms with Gasteiger partial charge in [-0.1, -0.05) is 6.92 Å². The van der Waals surface area contributed by atoms with Gasteiger partial charge in [0, 0.05) is 24.8 Å². The molecule has 0 bridgehead atoms. The molecule has 0 aliphatic carbocycles. The van der Waals surface area contributed by atoms with E-state index in [2.05, 4.69) is 24.1 Å². The summed E-state index contributed by atoms with van der Waals surface area (Å²) < 4.78 is 0. The summed E-state index contributed by atoms with van der Waals surface area (Å²) in [4.78, 5) is 12.1. The Bertz CT molecular complexity index is 266. The summed E-state index contributed by atoms with van der Waals surface area (Å²) in [6.07, 6.45) is 4.47. The lowest BCUT2D eigenvalue weighted by molar-refractivity contribution is -0.129. The molecule has 1 heterocycles. The van der Waals surface area contributed by atoms with Gasteiger partial charge in [0.2, 0.25) is 0 Å². The molecule has 2 nitrogen and oxygen atoms in total. The lowest BCUT2D eigenvalue weighted by Crippen LogP contribution is -2.45. The normalized spacial score (nSPS) is 25.5. The van der Waals surface area contributed by atoms with Crippen molar-refractivity contribution in [1.29, 1.82) is 0 Å². The molecule has 0 aromatic carbocycles. The van der Waals surface area contributed by atoms with Crippen molar-refractivity contribution in [2.24, 2.45) is 5.41 Å². The number of rotatable bonds is 4. The van der Waals surface area contributed by atoms with Crippen molar-refractivity contribution in [3.63, 3.8) is 0 Å². The first-order valence-corrected chi connectivity index (χ1v) is 5.89. The molecule has 84 valence electrons. The highest BCUT2D eigenvalue weighted by molar-refractivity contribution is 5.85. The molecule has 0 aromatic heterocycles. The van der Waals surface area contributed by atoms with Gasteiger partial charge in [-0.2, -0.15) is 0 Å². The Morgan fingerprint density at radius 2 is 2.33 bits per heavy atom. The molecule has 0 aromatic rings. The monoisotopic (exact) mass is 207 g/mol. The van der Waals surface area contributed by atoms with E-state index in [1.807, 2.05) is 6.92 Å². The van der Waals surface area contributed by atoms with Crippen molar-refractivity contribution in [3.05, 3.63) is 0 Å². The van der Waals surface area contributed by atoms with Crippen molar-refractivity contribution in [1.82, 2.24) is 5.32 Å². The summed E-state index contributed by atoms with van der Waals surface area (Å²) >= 11 is 0. The quantitative estimate of drug-likeness (QED) is 0.716. The molecule has 15 heavy (non-hydrogen) atoms. The van der Waals surface area contributed by atoms with Crippen LogP contribution in [0.15, 0.2) is 0 Å². The van der Waals surface area contributed by atoms with Crippen LogP contribution in [-0.2, 0) is 4.79 Å². The summed E-state index contributed by atoms with van der Waals surface area (Å²) in [7, 11) is 0. The van der Waals surface area contributed by atoms with Crippen LogP contribution in [0.4, 0.5) is 0 Å². The summed E-state index contributed by atoms with van der Waals surface area (Å²) in [6, 6.07) is 0. The molecular formula is C13H21NO. The number of piperidine rings is 1. The van der Waals surface area contributed by atoms with Gasteiger partial charge in [0.05, 0.1) is 0 Å². The molecule has 2 heteroatoms. The van der Waals surface area contributed by atoms with Gasteiger partial charge in [-0.15, -0.1) is 11.8 Å². The zero-order valence-corrected chi connectivity index (χ0v) is 9.86. The van der Waals surface area contributed by atoms with E-state index < -0.39 is 0 Å². The van der Waals surface area contributed by atoms with E-state index in [0.29, 0.717) is 12.2 Å². The van der Waals surface area contributed by atoms with Crippen LogP contribution in [0.25, 0.3) is 0 Å². The maximum atomic E-state index is 12.1. The molecule has 0 spiro atoms. The smallest absolute Gasteiger partial charge is 0.141 e. The number of nitrogens with one attached hydrogen (secondary N) is 1. The Balaban J connectivity index is 2.54. The molecule has 1 atom stereocenters. The van der Waals surface area contributed by atoms with Crippen LogP contribution < -0.4 is 5.32 Å². The number of hydrogen-bond acceptors (Lipinski definition) is 2. The molecule has 1 N–H and O–H groups in total. The van der Waals surface area contributed by atoms with Crippen molar-refractivity contribution in [2.75, 3.05) is 13.1 Å². The van der Waals surface area contributed by atoms with Gasteiger partial charge in [-0.25, -0.2) is 0 Å². The lowest BCUT2D eigenvalue weighted by Gasteiger charge is -2.35. The second-order valence-corrected chi connectivity index (χ2v) is 4.26. The first kappa shape index (κ1) is 12.3. The van der Waals surface area contributed by atoms with E-state index in [9.17, 15) is 4.79 Å². The Morgan fingerprint density at radius 3 is 2.87 bits per heavy atom. The topological polar surface area (TPSA) is 29.1 Å². The van der Waals surface area contributed by atoms with Gasteiger partial charge in [-0.05, 0) is 32.7 Å². The van der Waals surface area contributed by atoms with E-state index in [1.54, 1.807) is 0 Å². The van der Waals surface area contributed by atoms with E-state index in [-0.39, 0.29) is 5.41 Å². The van der Waals surface area contributed by atoms with Crippen LogP contribution >= 0.6 is 0 Å². The first-order chi connectivity index (χ1) is 7.25. The molecule has 1 aliphatic heterocycles. The number of carbonyl (C=O) groups excluding carboxylic acids is 1. The molecule has 1 aliphatic rings. The average molecular weight is 207 g/mol. The Morgan fingerprint density at radius 1 is 1.53 bits per heavy atom. The zero-order valence-electron chi connectivity index (χ0n) is 9.86. The minimum Gasteiger partial charge on any atom is -0.316 e. The van der Waals surface area contributed by atoms with Gasteiger partial charge < -0.3 is 5.32 Å². The molecule has 0 amide bonds. The predicted molar refractivity (Wildman–Crippen MR) is 62.5 cm³/mol. The third-order valence-corrected chi connectivity index (χ3v) is 3.39. The molecule has 1 fully saturated rings. The molecule has 0 saturated carbocycles. The number of carbonyl (C=O) groups is 1. The number of ketones is 1. The van der Waals surface area contributed by atoms with Crippen LogP contribution in [0.2, 0.25) is 0 Å². The highest BCUT2D eigenvalue weighted by atomic mass is 16.1. The van der Waals surface area contributed by atoms with E-state index in [1.165, 1.54) is 0 Å². The van der Waals surface area contributed by atoms with Crippen LogP contribution in [0, 0.1) is 17.3 Å². The minimum atomic E-state index is -0.0896. The summed E-state index contributed by atoms with van der Waals surface area (Å²) in [5.74, 6) is 6.21. The lowest BCUT2D eigenvalue weighted by atomic mass is 9.73. The standard InChI is InChI=1S/C13H21NO/c1-3-5-6-8-12(15)13(4-2)9-7-10-14-11-13/h14H,4,6-11H2,1-2H3. The van der Waals surface area contributed by atoms with Gasteiger partial charge >= 0.3 is 0 Å². The van der Waals surface area contributed by atoms with Gasteiger partial charge in [0.25, 0.3) is 0 Å². The average Bonchev–Trinajstić information content (AvgIpc) is 2.30. The van der Waals surface area contributed by atoms with Crippen LogP contribution in [0.1, 0.15) is 46.0 Å². The second kappa shape index (κ2) is 5.92. The van der Waals surface area contributed by atoms with Crippen LogP contribution in [0.5, 0.6) is 0 Å². The largest absolute Gasteiger partial charge is 0.316 e. The Hall–Kier alpha value is -0.810. The molecule has 0 radical (unpaired) electrons. The fourth-order valence-corrected chi connectivity index (χ4v) is 2.27. The highest BCUT2D eigenvalue weighted by Crippen LogP contribution is 2.32. The Kier molecular flexibility index (Phi) is 4.84. The molecule has 1 unspecified atom stereocenters. The number of hydrogen-bond donors (Lipinski definition) is 1. The Labute approximate surface area is 92.8 Å². The fraction of sp³-hybridized carbons (Fsp3) is 0.769. The number of Topliss-reactive ketones (excluding diaryl/α,β-unsaturated/α-hetero) is 1. The second-order valence-electron chi connectivity index (χ2n) is 4.26. The van der Waals surface area contributed by atoms with Crippen LogP contribution in [0.3, 0.4) is 0 Å². The highest BCUT2D eigenvalue weighted by Gasteiger charge is 2.36. The molecule has 1 saturated heterocycles.